The maximum Gasteiger partial charge on any atom is 0.303 e. The summed E-state index contributed by atoms with van der Waals surface area (Å²) in [5.74, 6) is -1.48. The first kappa shape index (κ1) is 12.1. The molecule has 0 fully saturated rings. The van der Waals surface area contributed by atoms with E-state index in [0.29, 0.717) is 0 Å². The lowest BCUT2D eigenvalue weighted by molar-refractivity contribution is -0.138. The van der Waals surface area contributed by atoms with E-state index >= 15 is 0 Å². The van der Waals surface area contributed by atoms with Gasteiger partial charge in [0.05, 0.1) is 6.10 Å². The number of Topliss-reactive ketones (excluding diaryl/α,β-unsaturated/α-hetero) is 1. The van der Waals surface area contributed by atoms with Crippen molar-refractivity contribution in [2.75, 3.05) is 0 Å². The Morgan fingerprint density at radius 2 is 1.85 bits per heavy atom. The summed E-state index contributed by atoms with van der Waals surface area (Å²) in [7, 11) is 0. The standard InChI is InChI=1S/C8H14O5/c1-5(9)7(11)4-6(10)2-3-8(12)13/h5-6,9-10H,2-4H2,1H3,(H,12,13). The number of aliphatic carboxylic acids is 1. The van der Waals surface area contributed by atoms with Gasteiger partial charge in [0.25, 0.3) is 0 Å². The van der Waals surface area contributed by atoms with Gasteiger partial charge in [0, 0.05) is 12.8 Å². The van der Waals surface area contributed by atoms with Gasteiger partial charge in [0.2, 0.25) is 0 Å². The third-order valence-corrected chi connectivity index (χ3v) is 1.59. The molecule has 0 radical (unpaired) electrons. The highest BCUT2D eigenvalue weighted by molar-refractivity contribution is 5.82. The molecule has 13 heavy (non-hydrogen) atoms. The number of aliphatic hydroxyl groups excluding tert-OH is 2. The fourth-order valence-electron chi connectivity index (χ4n) is 0.795. The van der Waals surface area contributed by atoms with Crippen LogP contribution in [0.4, 0.5) is 0 Å². The zero-order valence-corrected chi connectivity index (χ0v) is 7.43. The van der Waals surface area contributed by atoms with Crippen molar-refractivity contribution in [2.45, 2.75) is 38.4 Å². The summed E-state index contributed by atoms with van der Waals surface area (Å²) in [6, 6.07) is 0. The van der Waals surface area contributed by atoms with Crippen molar-refractivity contribution in [2.24, 2.45) is 0 Å². The first-order valence-electron chi connectivity index (χ1n) is 4.04. The third-order valence-electron chi connectivity index (χ3n) is 1.59. The summed E-state index contributed by atoms with van der Waals surface area (Å²) in [4.78, 5) is 20.9. The van der Waals surface area contributed by atoms with Gasteiger partial charge in [-0.1, -0.05) is 0 Å². The Morgan fingerprint density at radius 3 is 2.23 bits per heavy atom. The molecule has 0 heterocycles. The van der Waals surface area contributed by atoms with Gasteiger partial charge in [0.1, 0.15) is 6.10 Å². The van der Waals surface area contributed by atoms with Crippen LogP contribution in [0.1, 0.15) is 26.2 Å². The van der Waals surface area contributed by atoms with Crippen LogP contribution >= 0.6 is 0 Å². The maximum absolute atomic E-state index is 10.8. The number of hydrogen-bond acceptors (Lipinski definition) is 4. The van der Waals surface area contributed by atoms with Crippen molar-refractivity contribution in [3.8, 4) is 0 Å². The number of aliphatic hydroxyl groups is 2. The molecular formula is C8H14O5. The van der Waals surface area contributed by atoms with Gasteiger partial charge >= 0.3 is 5.97 Å². The minimum absolute atomic E-state index is 0.0355. The SMILES string of the molecule is CC(O)C(=O)CC(O)CCC(=O)O. The molecule has 0 rings (SSSR count). The van der Waals surface area contributed by atoms with Gasteiger partial charge in [-0.15, -0.1) is 0 Å². The predicted octanol–water partition coefficient (Wildman–Crippen LogP) is -0.448. The molecule has 0 spiro atoms. The van der Waals surface area contributed by atoms with Crippen molar-refractivity contribution >= 4 is 11.8 Å². The fourth-order valence-corrected chi connectivity index (χ4v) is 0.795. The third kappa shape index (κ3) is 6.24. The molecule has 5 nitrogen and oxygen atoms in total. The highest BCUT2D eigenvalue weighted by atomic mass is 16.4. The number of hydrogen-bond donors (Lipinski definition) is 3. The summed E-state index contributed by atoms with van der Waals surface area (Å²) in [5.41, 5.74) is 0. The minimum Gasteiger partial charge on any atom is -0.481 e. The second-order valence-electron chi connectivity index (χ2n) is 2.93. The minimum atomic E-state index is -1.10. The molecule has 0 aliphatic heterocycles. The summed E-state index contributed by atoms with van der Waals surface area (Å²) in [6.45, 7) is 1.31. The van der Waals surface area contributed by atoms with E-state index in [4.69, 9.17) is 15.3 Å². The molecular weight excluding hydrogens is 176 g/mol. The van der Waals surface area contributed by atoms with Crippen LogP contribution in [0.3, 0.4) is 0 Å². The Hall–Kier alpha value is -0.940. The van der Waals surface area contributed by atoms with E-state index in [2.05, 4.69) is 0 Å². The zero-order valence-electron chi connectivity index (χ0n) is 7.43. The Morgan fingerprint density at radius 1 is 1.31 bits per heavy atom. The number of carbonyl (C=O) groups excluding carboxylic acids is 1. The molecule has 0 aromatic heterocycles. The molecule has 0 saturated carbocycles. The molecule has 0 bridgehead atoms. The molecule has 76 valence electrons. The van der Waals surface area contributed by atoms with Crippen molar-refractivity contribution in [1.82, 2.24) is 0 Å². The topological polar surface area (TPSA) is 94.8 Å². The van der Waals surface area contributed by atoms with Crippen LogP contribution in [-0.2, 0) is 9.59 Å². The normalized spacial score (nSPS) is 15.0. The molecule has 5 heteroatoms. The lowest BCUT2D eigenvalue weighted by Gasteiger charge is -2.09. The Bertz CT molecular complexity index is 187. The smallest absolute Gasteiger partial charge is 0.303 e. The van der Waals surface area contributed by atoms with E-state index in [1.807, 2.05) is 0 Å². The number of carboxylic acids is 1. The Kier molecular flexibility index (Phi) is 5.25. The molecule has 0 aliphatic rings. The van der Waals surface area contributed by atoms with E-state index in [-0.39, 0.29) is 19.3 Å². The molecule has 0 aliphatic carbocycles. The van der Waals surface area contributed by atoms with Gasteiger partial charge < -0.3 is 15.3 Å². The van der Waals surface area contributed by atoms with Gasteiger partial charge in [0.15, 0.2) is 5.78 Å². The molecule has 0 amide bonds. The average molecular weight is 190 g/mol. The number of ketones is 1. The van der Waals surface area contributed by atoms with Crippen LogP contribution in [0.15, 0.2) is 0 Å². The number of rotatable bonds is 6. The molecule has 2 atom stereocenters. The first-order valence-corrected chi connectivity index (χ1v) is 4.04. The van der Waals surface area contributed by atoms with E-state index in [9.17, 15) is 9.59 Å². The summed E-state index contributed by atoms with van der Waals surface area (Å²) in [5, 5.41) is 26.2. The first-order chi connectivity index (χ1) is 5.93. The second kappa shape index (κ2) is 5.66. The van der Waals surface area contributed by atoms with Gasteiger partial charge in [-0.2, -0.15) is 0 Å². The van der Waals surface area contributed by atoms with Crippen LogP contribution in [0.25, 0.3) is 0 Å². The van der Waals surface area contributed by atoms with Crippen LogP contribution in [0.5, 0.6) is 0 Å². The van der Waals surface area contributed by atoms with Crippen LogP contribution in [0.2, 0.25) is 0 Å². The Balaban J connectivity index is 3.68. The van der Waals surface area contributed by atoms with Crippen molar-refractivity contribution in [3.63, 3.8) is 0 Å². The molecule has 0 aromatic carbocycles. The zero-order chi connectivity index (χ0) is 10.4. The van der Waals surface area contributed by atoms with E-state index < -0.39 is 24.0 Å². The fraction of sp³-hybridized carbons (Fsp3) is 0.750. The van der Waals surface area contributed by atoms with Gasteiger partial charge in [-0.25, -0.2) is 0 Å². The summed E-state index contributed by atoms with van der Waals surface area (Å²) < 4.78 is 0. The van der Waals surface area contributed by atoms with Crippen LogP contribution in [0, 0.1) is 0 Å². The predicted molar refractivity (Wildman–Crippen MR) is 44.2 cm³/mol. The quantitative estimate of drug-likeness (QED) is 0.527. The molecule has 3 N–H and O–H groups in total. The van der Waals surface area contributed by atoms with Crippen LogP contribution in [-0.4, -0.2) is 39.3 Å². The Labute approximate surface area is 76.0 Å². The number of carbonyl (C=O) groups is 2. The summed E-state index contributed by atoms with van der Waals surface area (Å²) in [6.07, 6.45) is -2.40. The van der Waals surface area contributed by atoms with Crippen molar-refractivity contribution in [1.29, 1.82) is 0 Å². The van der Waals surface area contributed by atoms with E-state index in [0.717, 1.165) is 0 Å². The molecule has 0 saturated heterocycles. The van der Waals surface area contributed by atoms with Gasteiger partial charge in [-0.05, 0) is 13.3 Å². The van der Waals surface area contributed by atoms with Gasteiger partial charge in [-0.3, -0.25) is 9.59 Å². The van der Waals surface area contributed by atoms with Crippen molar-refractivity contribution in [3.05, 3.63) is 0 Å². The average Bonchev–Trinajstić information content (AvgIpc) is 2.00. The highest BCUT2D eigenvalue weighted by Gasteiger charge is 2.15. The maximum atomic E-state index is 10.8. The monoisotopic (exact) mass is 190 g/mol. The highest BCUT2D eigenvalue weighted by Crippen LogP contribution is 2.04. The molecule has 0 aromatic rings. The van der Waals surface area contributed by atoms with E-state index in [1.54, 1.807) is 0 Å². The number of carboxylic acid groups (broad SMARTS) is 1. The lowest BCUT2D eigenvalue weighted by atomic mass is 10.1. The summed E-state index contributed by atoms with van der Waals surface area (Å²) >= 11 is 0. The lowest BCUT2D eigenvalue weighted by Crippen LogP contribution is -2.22. The van der Waals surface area contributed by atoms with Crippen molar-refractivity contribution < 1.29 is 24.9 Å². The largest absolute Gasteiger partial charge is 0.481 e. The van der Waals surface area contributed by atoms with E-state index in [1.165, 1.54) is 6.92 Å². The molecule has 2 unspecified atom stereocenters. The van der Waals surface area contributed by atoms with Crippen LogP contribution < -0.4 is 0 Å². The second-order valence-corrected chi connectivity index (χ2v) is 2.93.